The van der Waals surface area contributed by atoms with E-state index in [-0.39, 0.29) is 5.75 Å². The molecule has 0 aliphatic carbocycles. The summed E-state index contributed by atoms with van der Waals surface area (Å²) in [6.45, 7) is 0. The van der Waals surface area contributed by atoms with Crippen molar-refractivity contribution in [2.24, 2.45) is 5.10 Å². The van der Waals surface area contributed by atoms with Gasteiger partial charge in [0.2, 0.25) is 0 Å². The van der Waals surface area contributed by atoms with Gasteiger partial charge in [-0.15, -0.1) is 0 Å². The van der Waals surface area contributed by atoms with Gasteiger partial charge < -0.3 is 9.84 Å². The molecule has 0 radical (unpaired) electrons. The molecule has 0 atom stereocenters. The quantitative estimate of drug-likeness (QED) is 0.370. The normalized spacial score (nSPS) is 10.9. The van der Waals surface area contributed by atoms with Crippen LogP contribution in [0.2, 0.25) is 0 Å². The highest BCUT2D eigenvalue weighted by atomic mass is 16.5. The van der Waals surface area contributed by atoms with Crippen LogP contribution in [0.15, 0.2) is 90.0 Å². The number of aromatic hydroxyl groups is 1. The van der Waals surface area contributed by atoms with E-state index < -0.39 is 5.91 Å². The molecule has 4 aromatic rings. The zero-order valence-electron chi connectivity index (χ0n) is 16.8. The van der Waals surface area contributed by atoms with E-state index in [1.54, 1.807) is 42.1 Å². The zero-order chi connectivity index (χ0) is 21.6. The number of nitrogens with zero attached hydrogens (tertiary/aromatic N) is 3. The Morgan fingerprint density at radius 1 is 1.03 bits per heavy atom. The van der Waals surface area contributed by atoms with E-state index >= 15 is 0 Å². The molecule has 0 saturated carbocycles. The molecule has 0 spiro atoms. The first-order chi connectivity index (χ1) is 15.1. The van der Waals surface area contributed by atoms with Gasteiger partial charge in [0.15, 0.2) is 0 Å². The van der Waals surface area contributed by atoms with Gasteiger partial charge in [0.05, 0.1) is 24.7 Å². The predicted octanol–water partition coefficient (Wildman–Crippen LogP) is 4.02. The van der Waals surface area contributed by atoms with Crippen molar-refractivity contribution in [3.8, 4) is 28.4 Å². The standard InChI is InChI=1S/C24H20N4O3/c1-31-21-12-10-18(11-13-21)22-15-23(28(27-22)19-7-3-2-4-8-19)24(30)26-25-16-17-6-5-9-20(29)14-17/h2-16,29H,1H3,(H,26,30). The zero-order valence-corrected chi connectivity index (χ0v) is 16.8. The number of methoxy groups -OCH3 is 1. The third-order valence-electron chi connectivity index (χ3n) is 4.58. The van der Waals surface area contributed by atoms with Gasteiger partial charge in [0.25, 0.3) is 5.91 Å². The average molecular weight is 412 g/mol. The van der Waals surface area contributed by atoms with Crippen LogP contribution in [0.25, 0.3) is 16.9 Å². The summed E-state index contributed by atoms with van der Waals surface area (Å²) in [5.41, 5.74) is 5.78. The summed E-state index contributed by atoms with van der Waals surface area (Å²) >= 11 is 0. The van der Waals surface area contributed by atoms with Crippen LogP contribution < -0.4 is 10.2 Å². The van der Waals surface area contributed by atoms with Crippen molar-refractivity contribution in [1.29, 1.82) is 0 Å². The first-order valence-electron chi connectivity index (χ1n) is 9.56. The Bertz CT molecular complexity index is 1220. The Kier molecular flexibility index (Phi) is 5.75. The molecule has 7 nitrogen and oxygen atoms in total. The second kappa shape index (κ2) is 8.96. The molecule has 2 N–H and O–H groups in total. The summed E-state index contributed by atoms with van der Waals surface area (Å²) in [7, 11) is 1.61. The number of aromatic nitrogens is 2. The molecular weight excluding hydrogens is 392 g/mol. The molecule has 0 unspecified atom stereocenters. The second-order valence-corrected chi connectivity index (χ2v) is 6.68. The van der Waals surface area contributed by atoms with Gasteiger partial charge in [0.1, 0.15) is 17.2 Å². The van der Waals surface area contributed by atoms with Gasteiger partial charge >= 0.3 is 0 Å². The monoisotopic (exact) mass is 412 g/mol. The lowest BCUT2D eigenvalue weighted by Gasteiger charge is -2.06. The van der Waals surface area contributed by atoms with E-state index in [0.29, 0.717) is 17.0 Å². The van der Waals surface area contributed by atoms with Crippen LogP contribution in [0, 0.1) is 0 Å². The predicted molar refractivity (Wildman–Crippen MR) is 119 cm³/mol. The number of carbonyl (C=O) groups excluding carboxylic acids is 1. The molecule has 3 aromatic carbocycles. The van der Waals surface area contributed by atoms with Crippen molar-refractivity contribution in [2.45, 2.75) is 0 Å². The maximum Gasteiger partial charge on any atom is 0.290 e. The Labute approximate surface area is 179 Å². The maximum atomic E-state index is 12.9. The van der Waals surface area contributed by atoms with Crippen molar-refractivity contribution in [2.75, 3.05) is 7.11 Å². The fourth-order valence-electron chi connectivity index (χ4n) is 3.04. The molecule has 1 heterocycles. The summed E-state index contributed by atoms with van der Waals surface area (Å²) in [6, 6.07) is 25.2. The van der Waals surface area contributed by atoms with Crippen molar-refractivity contribution in [3.05, 3.63) is 96.2 Å². The molecular formula is C24H20N4O3. The Morgan fingerprint density at radius 2 is 1.81 bits per heavy atom. The van der Waals surface area contributed by atoms with Crippen LogP contribution in [-0.4, -0.2) is 34.1 Å². The highest BCUT2D eigenvalue weighted by molar-refractivity contribution is 5.95. The number of phenolic OH excluding ortho intramolecular Hbond substituents is 1. The lowest BCUT2D eigenvalue weighted by Crippen LogP contribution is -2.21. The van der Waals surface area contributed by atoms with E-state index in [2.05, 4.69) is 15.6 Å². The number of amides is 1. The van der Waals surface area contributed by atoms with E-state index in [4.69, 9.17) is 4.74 Å². The number of nitrogens with one attached hydrogen (secondary N) is 1. The van der Waals surface area contributed by atoms with E-state index in [1.807, 2.05) is 54.6 Å². The van der Waals surface area contributed by atoms with Gasteiger partial charge in [-0.2, -0.15) is 10.2 Å². The molecule has 4 rings (SSSR count). The Hall–Kier alpha value is -4.39. The smallest absolute Gasteiger partial charge is 0.290 e. The lowest BCUT2D eigenvalue weighted by molar-refractivity contribution is 0.0947. The van der Waals surface area contributed by atoms with Crippen molar-refractivity contribution in [1.82, 2.24) is 15.2 Å². The fourth-order valence-corrected chi connectivity index (χ4v) is 3.04. The summed E-state index contributed by atoms with van der Waals surface area (Å²) in [4.78, 5) is 12.9. The molecule has 1 amide bonds. The molecule has 0 aliphatic rings. The van der Waals surface area contributed by atoms with Crippen molar-refractivity contribution < 1.29 is 14.6 Å². The summed E-state index contributed by atoms with van der Waals surface area (Å²) in [6.07, 6.45) is 1.46. The van der Waals surface area contributed by atoms with E-state index in [9.17, 15) is 9.90 Å². The number of hydrazone groups is 1. The summed E-state index contributed by atoms with van der Waals surface area (Å²) in [5.74, 6) is 0.458. The minimum absolute atomic E-state index is 0.126. The first-order valence-corrected chi connectivity index (χ1v) is 9.56. The summed E-state index contributed by atoms with van der Waals surface area (Å²) in [5, 5.41) is 18.2. The van der Waals surface area contributed by atoms with Crippen LogP contribution >= 0.6 is 0 Å². The Balaban J connectivity index is 1.64. The van der Waals surface area contributed by atoms with Gasteiger partial charge in [-0.1, -0.05) is 30.3 Å². The SMILES string of the molecule is COc1ccc(-c2cc(C(=O)NN=Cc3cccc(O)c3)n(-c3ccccc3)n2)cc1. The molecule has 7 heteroatoms. The van der Waals surface area contributed by atoms with Crippen LogP contribution in [0.1, 0.15) is 16.1 Å². The molecule has 0 bridgehead atoms. The van der Waals surface area contributed by atoms with Crippen LogP contribution in [0.3, 0.4) is 0 Å². The maximum absolute atomic E-state index is 12.9. The number of phenols is 1. The second-order valence-electron chi connectivity index (χ2n) is 6.68. The molecule has 0 aliphatic heterocycles. The molecule has 0 saturated heterocycles. The highest BCUT2D eigenvalue weighted by Gasteiger charge is 2.17. The largest absolute Gasteiger partial charge is 0.508 e. The number of rotatable bonds is 6. The Morgan fingerprint density at radius 3 is 2.52 bits per heavy atom. The van der Waals surface area contributed by atoms with Gasteiger partial charge in [-0.3, -0.25) is 4.79 Å². The van der Waals surface area contributed by atoms with Crippen LogP contribution in [0.4, 0.5) is 0 Å². The number of ether oxygens (including phenoxy) is 1. The first kappa shape index (κ1) is 19.9. The summed E-state index contributed by atoms with van der Waals surface area (Å²) < 4.78 is 6.79. The number of hydrogen-bond acceptors (Lipinski definition) is 5. The average Bonchev–Trinajstić information content (AvgIpc) is 3.25. The minimum Gasteiger partial charge on any atom is -0.508 e. The van der Waals surface area contributed by atoms with Crippen LogP contribution in [-0.2, 0) is 0 Å². The molecule has 154 valence electrons. The van der Waals surface area contributed by atoms with Gasteiger partial charge in [-0.25, -0.2) is 10.1 Å². The van der Waals surface area contributed by atoms with Gasteiger partial charge in [0, 0.05) is 5.56 Å². The van der Waals surface area contributed by atoms with Crippen molar-refractivity contribution in [3.63, 3.8) is 0 Å². The number of benzene rings is 3. The molecule has 1 aromatic heterocycles. The van der Waals surface area contributed by atoms with Crippen LogP contribution in [0.5, 0.6) is 11.5 Å². The number of carbonyl (C=O) groups is 1. The highest BCUT2D eigenvalue weighted by Crippen LogP contribution is 2.24. The van der Waals surface area contributed by atoms with E-state index in [0.717, 1.165) is 17.0 Å². The molecule has 31 heavy (non-hydrogen) atoms. The third-order valence-corrected chi connectivity index (χ3v) is 4.58. The third kappa shape index (κ3) is 4.62. The van der Waals surface area contributed by atoms with Crippen molar-refractivity contribution >= 4 is 12.1 Å². The van der Waals surface area contributed by atoms with E-state index in [1.165, 1.54) is 6.21 Å². The number of para-hydroxylation sites is 1. The minimum atomic E-state index is -0.410. The lowest BCUT2D eigenvalue weighted by atomic mass is 10.1. The number of hydrogen-bond donors (Lipinski definition) is 2. The van der Waals surface area contributed by atoms with Gasteiger partial charge in [-0.05, 0) is 60.2 Å². The fraction of sp³-hybridized carbons (Fsp3) is 0.0417. The molecule has 0 fully saturated rings. The topological polar surface area (TPSA) is 88.7 Å².